The van der Waals surface area contributed by atoms with Gasteiger partial charge in [0.15, 0.2) is 5.75 Å². The van der Waals surface area contributed by atoms with Gasteiger partial charge in [-0.2, -0.15) is 0 Å². The van der Waals surface area contributed by atoms with E-state index in [1.54, 1.807) is 18.0 Å². The second-order valence-electron chi connectivity index (χ2n) is 5.16. The third kappa shape index (κ3) is 3.75. The summed E-state index contributed by atoms with van der Waals surface area (Å²) in [4.78, 5) is 13.8. The standard InChI is InChI=1S/C13H17BrN2O4S/c1-16(7-8-3-4-8)13(17)9-5-10(14)12(20-2)11(6-9)21(15,18)19/h5-6,8H,3-4,7H2,1-2H3,(H2,15,18,19). The van der Waals surface area contributed by atoms with E-state index in [0.717, 1.165) is 12.8 Å². The molecule has 0 unspecified atom stereocenters. The summed E-state index contributed by atoms with van der Waals surface area (Å²) in [5.74, 6) is 0.410. The highest BCUT2D eigenvalue weighted by molar-refractivity contribution is 9.10. The molecule has 2 N–H and O–H groups in total. The first kappa shape index (κ1) is 16.3. The van der Waals surface area contributed by atoms with Crippen molar-refractivity contribution in [2.75, 3.05) is 20.7 Å². The number of carbonyl (C=O) groups excluding carboxylic acids is 1. The van der Waals surface area contributed by atoms with Crippen molar-refractivity contribution in [2.45, 2.75) is 17.7 Å². The lowest BCUT2D eigenvalue weighted by atomic mass is 10.2. The molecule has 0 heterocycles. The van der Waals surface area contributed by atoms with Crippen molar-refractivity contribution in [3.05, 3.63) is 22.2 Å². The molecular weight excluding hydrogens is 360 g/mol. The van der Waals surface area contributed by atoms with Crippen molar-refractivity contribution >= 4 is 31.9 Å². The zero-order valence-electron chi connectivity index (χ0n) is 11.8. The molecule has 1 amide bonds. The van der Waals surface area contributed by atoms with Crippen molar-refractivity contribution < 1.29 is 17.9 Å². The molecule has 0 bridgehead atoms. The lowest BCUT2D eigenvalue weighted by Gasteiger charge is -2.18. The van der Waals surface area contributed by atoms with Crippen LogP contribution in [0.4, 0.5) is 0 Å². The molecule has 1 aromatic carbocycles. The van der Waals surface area contributed by atoms with Gasteiger partial charge in [0, 0.05) is 19.2 Å². The number of nitrogens with two attached hydrogens (primary N) is 1. The molecule has 116 valence electrons. The van der Waals surface area contributed by atoms with Crippen LogP contribution in [0.1, 0.15) is 23.2 Å². The van der Waals surface area contributed by atoms with Crippen LogP contribution in [0.15, 0.2) is 21.5 Å². The highest BCUT2D eigenvalue weighted by atomic mass is 79.9. The molecule has 1 saturated carbocycles. The molecule has 1 aliphatic carbocycles. The number of rotatable bonds is 5. The lowest BCUT2D eigenvalue weighted by molar-refractivity contribution is 0.0788. The molecular formula is C13H17BrN2O4S. The Morgan fingerprint density at radius 1 is 1.48 bits per heavy atom. The average molecular weight is 377 g/mol. The summed E-state index contributed by atoms with van der Waals surface area (Å²) in [6, 6.07) is 2.80. The normalized spacial score (nSPS) is 14.9. The number of hydrogen-bond acceptors (Lipinski definition) is 4. The molecule has 0 aliphatic heterocycles. The van der Waals surface area contributed by atoms with Gasteiger partial charge in [0.2, 0.25) is 10.0 Å². The molecule has 0 radical (unpaired) electrons. The summed E-state index contributed by atoms with van der Waals surface area (Å²) in [7, 11) is -0.940. The largest absolute Gasteiger partial charge is 0.494 e. The van der Waals surface area contributed by atoms with E-state index in [1.807, 2.05) is 0 Å². The zero-order valence-corrected chi connectivity index (χ0v) is 14.2. The van der Waals surface area contributed by atoms with Gasteiger partial charge in [-0.25, -0.2) is 13.6 Å². The SMILES string of the molecule is COc1c(Br)cc(C(=O)N(C)CC2CC2)cc1S(N)(=O)=O. The number of hydrogen-bond donors (Lipinski definition) is 1. The number of halogens is 1. The fraction of sp³-hybridized carbons (Fsp3) is 0.462. The summed E-state index contributed by atoms with van der Waals surface area (Å²) in [5.41, 5.74) is 0.259. The molecule has 0 saturated heterocycles. The maximum absolute atomic E-state index is 12.4. The maximum Gasteiger partial charge on any atom is 0.253 e. The zero-order chi connectivity index (χ0) is 15.8. The molecule has 0 aromatic heterocycles. The molecule has 1 fully saturated rings. The number of benzene rings is 1. The van der Waals surface area contributed by atoms with Crippen LogP contribution in [-0.2, 0) is 10.0 Å². The van der Waals surface area contributed by atoms with Crippen molar-refractivity contribution in [1.29, 1.82) is 0 Å². The Kier molecular flexibility index (Phi) is 4.60. The van der Waals surface area contributed by atoms with E-state index in [-0.39, 0.29) is 22.1 Å². The summed E-state index contributed by atoms with van der Waals surface area (Å²) in [6.07, 6.45) is 2.26. The van der Waals surface area contributed by atoms with Gasteiger partial charge in [0.25, 0.3) is 5.91 Å². The minimum Gasteiger partial charge on any atom is -0.494 e. The maximum atomic E-state index is 12.4. The minimum atomic E-state index is -3.99. The smallest absolute Gasteiger partial charge is 0.253 e. The van der Waals surface area contributed by atoms with E-state index in [2.05, 4.69) is 15.9 Å². The van der Waals surface area contributed by atoms with E-state index in [4.69, 9.17) is 9.88 Å². The van der Waals surface area contributed by atoms with Gasteiger partial charge in [0.1, 0.15) is 4.90 Å². The lowest BCUT2D eigenvalue weighted by Crippen LogP contribution is -2.29. The number of ether oxygens (including phenoxy) is 1. The van der Waals surface area contributed by atoms with Crippen molar-refractivity contribution in [1.82, 2.24) is 4.90 Å². The molecule has 1 aliphatic rings. The number of primary sulfonamides is 1. The molecule has 21 heavy (non-hydrogen) atoms. The monoisotopic (exact) mass is 376 g/mol. The van der Waals surface area contributed by atoms with E-state index < -0.39 is 10.0 Å². The fourth-order valence-electron chi connectivity index (χ4n) is 2.09. The van der Waals surface area contributed by atoms with Gasteiger partial charge in [-0.15, -0.1) is 0 Å². The first-order chi connectivity index (χ1) is 9.74. The van der Waals surface area contributed by atoms with E-state index in [1.165, 1.54) is 13.2 Å². The van der Waals surface area contributed by atoms with Crippen LogP contribution >= 0.6 is 15.9 Å². The number of amides is 1. The highest BCUT2D eigenvalue weighted by Gasteiger charge is 2.27. The average Bonchev–Trinajstić information content (AvgIpc) is 3.19. The van der Waals surface area contributed by atoms with E-state index >= 15 is 0 Å². The van der Waals surface area contributed by atoms with Crippen molar-refractivity contribution in [2.24, 2.45) is 11.1 Å². The molecule has 6 nitrogen and oxygen atoms in total. The quantitative estimate of drug-likeness (QED) is 0.844. The fourth-order valence-corrected chi connectivity index (χ4v) is 3.59. The molecule has 0 spiro atoms. The Bertz CT molecular complexity index is 671. The number of carbonyl (C=O) groups is 1. The summed E-state index contributed by atoms with van der Waals surface area (Å²) >= 11 is 3.22. The van der Waals surface area contributed by atoms with Gasteiger partial charge in [-0.1, -0.05) is 0 Å². The predicted octanol–water partition coefficient (Wildman–Crippen LogP) is 1.59. The first-order valence-corrected chi connectivity index (χ1v) is 8.73. The minimum absolute atomic E-state index is 0.0962. The Labute approximate surface area is 132 Å². The number of methoxy groups -OCH3 is 1. The second-order valence-corrected chi connectivity index (χ2v) is 7.55. The van der Waals surface area contributed by atoms with Crippen LogP contribution in [0, 0.1) is 5.92 Å². The third-order valence-electron chi connectivity index (χ3n) is 3.34. The second kappa shape index (κ2) is 5.94. The third-order valence-corrected chi connectivity index (χ3v) is 4.85. The summed E-state index contributed by atoms with van der Waals surface area (Å²) in [5, 5.41) is 5.18. The van der Waals surface area contributed by atoms with Crippen LogP contribution in [0.2, 0.25) is 0 Å². The number of nitrogens with zero attached hydrogens (tertiary/aromatic N) is 1. The van der Waals surface area contributed by atoms with E-state index in [0.29, 0.717) is 16.9 Å². The topological polar surface area (TPSA) is 89.7 Å². The van der Waals surface area contributed by atoms with Gasteiger partial charge < -0.3 is 9.64 Å². The van der Waals surface area contributed by atoms with Crippen molar-refractivity contribution in [3.63, 3.8) is 0 Å². The van der Waals surface area contributed by atoms with Crippen LogP contribution < -0.4 is 9.88 Å². The summed E-state index contributed by atoms with van der Waals surface area (Å²) in [6.45, 7) is 0.674. The molecule has 0 atom stereocenters. The first-order valence-electron chi connectivity index (χ1n) is 6.40. The molecule has 8 heteroatoms. The Morgan fingerprint density at radius 3 is 2.57 bits per heavy atom. The van der Waals surface area contributed by atoms with Crippen LogP contribution in [0.5, 0.6) is 5.75 Å². The Balaban J connectivity index is 2.40. The van der Waals surface area contributed by atoms with Gasteiger partial charge in [0.05, 0.1) is 11.6 Å². The molecule has 2 rings (SSSR count). The number of sulfonamides is 1. The van der Waals surface area contributed by atoms with Gasteiger partial charge in [-0.05, 0) is 46.8 Å². The van der Waals surface area contributed by atoms with Gasteiger partial charge in [-0.3, -0.25) is 4.79 Å². The van der Waals surface area contributed by atoms with Crippen LogP contribution in [-0.4, -0.2) is 39.9 Å². The Morgan fingerprint density at radius 2 is 2.10 bits per heavy atom. The van der Waals surface area contributed by atoms with Gasteiger partial charge >= 0.3 is 0 Å². The van der Waals surface area contributed by atoms with Crippen LogP contribution in [0.25, 0.3) is 0 Å². The van der Waals surface area contributed by atoms with E-state index in [9.17, 15) is 13.2 Å². The summed E-state index contributed by atoms with van der Waals surface area (Å²) < 4.78 is 28.7. The van der Waals surface area contributed by atoms with Crippen LogP contribution in [0.3, 0.4) is 0 Å². The highest BCUT2D eigenvalue weighted by Crippen LogP contribution is 2.34. The van der Waals surface area contributed by atoms with Crippen molar-refractivity contribution in [3.8, 4) is 5.75 Å². The Hall–Kier alpha value is -1.12. The molecule has 1 aromatic rings. The predicted molar refractivity (Wildman–Crippen MR) is 81.8 cm³/mol.